The molecule has 0 aliphatic rings. The maximum atomic E-state index is 6.41. The van der Waals surface area contributed by atoms with Crippen molar-refractivity contribution in [2.75, 3.05) is 7.11 Å². The molecule has 0 fully saturated rings. The summed E-state index contributed by atoms with van der Waals surface area (Å²) in [7, 11) is -0.168. The quantitative estimate of drug-likeness (QED) is 0.564. The van der Waals surface area contributed by atoms with Gasteiger partial charge in [0, 0.05) is 0 Å². The SMILES string of the molecule is COc1cc(C/C=C/c2ccccc2)ccc1O[Si](C)(C)C(C)(C)C. The number of ether oxygens (including phenoxy) is 1. The fourth-order valence-electron chi connectivity index (χ4n) is 2.25. The van der Waals surface area contributed by atoms with Crippen LogP contribution in [0.4, 0.5) is 0 Å². The molecule has 0 saturated carbocycles. The van der Waals surface area contributed by atoms with Crippen molar-refractivity contribution >= 4 is 14.4 Å². The molecule has 0 aromatic heterocycles. The van der Waals surface area contributed by atoms with Crippen LogP contribution in [0.15, 0.2) is 54.6 Å². The highest BCUT2D eigenvalue weighted by molar-refractivity contribution is 6.74. The van der Waals surface area contributed by atoms with Crippen molar-refractivity contribution in [1.82, 2.24) is 0 Å². The summed E-state index contributed by atoms with van der Waals surface area (Å²) < 4.78 is 12.0. The van der Waals surface area contributed by atoms with Gasteiger partial charge < -0.3 is 9.16 Å². The molecular weight excluding hydrogens is 324 g/mol. The molecule has 2 aromatic rings. The van der Waals surface area contributed by atoms with Gasteiger partial charge in [-0.2, -0.15) is 0 Å². The summed E-state index contributed by atoms with van der Waals surface area (Å²) in [6.07, 6.45) is 5.19. The fourth-order valence-corrected chi connectivity index (χ4v) is 3.27. The number of benzene rings is 2. The van der Waals surface area contributed by atoms with Crippen LogP contribution in [-0.2, 0) is 6.42 Å². The van der Waals surface area contributed by atoms with Crippen molar-refractivity contribution in [1.29, 1.82) is 0 Å². The molecule has 134 valence electrons. The molecule has 3 heteroatoms. The van der Waals surface area contributed by atoms with E-state index in [9.17, 15) is 0 Å². The molecule has 0 bridgehead atoms. The smallest absolute Gasteiger partial charge is 0.250 e. The zero-order chi connectivity index (χ0) is 18.5. The van der Waals surface area contributed by atoms with Gasteiger partial charge in [-0.05, 0) is 47.8 Å². The second-order valence-electron chi connectivity index (χ2n) is 7.86. The largest absolute Gasteiger partial charge is 0.541 e. The summed E-state index contributed by atoms with van der Waals surface area (Å²) in [5.41, 5.74) is 2.43. The minimum absolute atomic E-state index is 0.162. The van der Waals surface area contributed by atoms with Gasteiger partial charge in [0.1, 0.15) is 5.75 Å². The summed E-state index contributed by atoms with van der Waals surface area (Å²) in [4.78, 5) is 0. The van der Waals surface area contributed by atoms with E-state index in [0.717, 1.165) is 17.9 Å². The lowest BCUT2D eigenvalue weighted by Crippen LogP contribution is -2.43. The fraction of sp³-hybridized carbons (Fsp3) is 0.364. The standard InChI is InChI=1S/C22H30O2Si/c1-22(2,3)25(5,6)24-20-16-15-19(17-21(20)23-4)14-10-13-18-11-8-7-9-12-18/h7-13,15-17H,14H2,1-6H3/b13-10+. The van der Waals surface area contributed by atoms with E-state index in [4.69, 9.17) is 9.16 Å². The summed E-state index contributed by atoms with van der Waals surface area (Å²) in [5.74, 6) is 1.67. The minimum atomic E-state index is -1.87. The third kappa shape index (κ3) is 5.23. The van der Waals surface area contributed by atoms with Crippen LogP contribution >= 0.6 is 0 Å². The average molecular weight is 355 g/mol. The van der Waals surface area contributed by atoms with Gasteiger partial charge in [0.15, 0.2) is 5.75 Å². The monoisotopic (exact) mass is 354 g/mol. The molecule has 0 amide bonds. The van der Waals surface area contributed by atoms with Crippen LogP contribution < -0.4 is 9.16 Å². The Hall–Kier alpha value is -2.00. The van der Waals surface area contributed by atoms with Gasteiger partial charge in [0.25, 0.3) is 8.32 Å². The summed E-state index contributed by atoms with van der Waals surface area (Å²) >= 11 is 0. The molecule has 0 radical (unpaired) electrons. The first-order valence-electron chi connectivity index (χ1n) is 8.80. The van der Waals surface area contributed by atoms with Gasteiger partial charge in [-0.25, -0.2) is 0 Å². The second-order valence-corrected chi connectivity index (χ2v) is 12.6. The van der Waals surface area contributed by atoms with Crippen LogP contribution in [0.25, 0.3) is 6.08 Å². The van der Waals surface area contributed by atoms with Crippen LogP contribution in [0.3, 0.4) is 0 Å². The lowest BCUT2D eigenvalue weighted by atomic mass is 10.1. The Balaban J connectivity index is 2.12. The van der Waals surface area contributed by atoms with E-state index in [1.165, 1.54) is 11.1 Å². The molecule has 0 saturated heterocycles. The Morgan fingerprint density at radius 2 is 1.64 bits per heavy atom. The third-order valence-electron chi connectivity index (χ3n) is 4.86. The maximum absolute atomic E-state index is 6.41. The van der Waals surface area contributed by atoms with Crippen LogP contribution in [0, 0.1) is 0 Å². The molecular formula is C22H30O2Si. The molecule has 2 rings (SSSR count). The first-order valence-corrected chi connectivity index (χ1v) is 11.7. The molecule has 0 atom stereocenters. The molecule has 0 aliphatic heterocycles. The van der Waals surface area contributed by atoms with E-state index < -0.39 is 8.32 Å². The van der Waals surface area contributed by atoms with Crippen LogP contribution in [-0.4, -0.2) is 15.4 Å². The van der Waals surface area contributed by atoms with E-state index in [-0.39, 0.29) is 5.04 Å². The Labute approximate surface area is 153 Å². The highest BCUT2D eigenvalue weighted by Crippen LogP contribution is 2.40. The number of hydrogen-bond donors (Lipinski definition) is 0. The number of methoxy groups -OCH3 is 1. The number of hydrogen-bond acceptors (Lipinski definition) is 2. The van der Waals surface area contributed by atoms with Crippen LogP contribution in [0.2, 0.25) is 18.1 Å². The molecule has 0 unspecified atom stereocenters. The molecule has 2 aromatic carbocycles. The molecule has 0 N–H and O–H groups in total. The van der Waals surface area contributed by atoms with E-state index in [2.05, 4.69) is 82.4 Å². The number of allylic oxidation sites excluding steroid dienone is 1. The highest BCUT2D eigenvalue weighted by Gasteiger charge is 2.39. The maximum Gasteiger partial charge on any atom is 0.250 e. The Morgan fingerprint density at radius 1 is 0.960 bits per heavy atom. The van der Waals surface area contributed by atoms with Gasteiger partial charge in [-0.15, -0.1) is 0 Å². The molecule has 2 nitrogen and oxygen atoms in total. The lowest BCUT2D eigenvalue weighted by Gasteiger charge is -2.36. The highest BCUT2D eigenvalue weighted by atomic mass is 28.4. The Bertz CT molecular complexity index is 713. The lowest BCUT2D eigenvalue weighted by molar-refractivity contribution is 0.385. The van der Waals surface area contributed by atoms with Crippen LogP contribution in [0.5, 0.6) is 11.5 Å². The molecule has 0 aliphatic carbocycles. The Kier molecular flexibility index (Phi) is 6.12. The predicted molar refractivity (Wildman–Crippen MR) is 110 cm³/mol. The zero-order valence-corrected chi connectivity index (χ0v) is 17.3. The summed E-state index contributed by atoms with van der Waals surface area (Å²) in [5, 5.41) is 0.162. The summed E-state index contributed by atoms with van der Waals surface area (Å²) in [6, 6.07) is 16.6. The predicted octanol–water partition coefficient (Wildman–Crippen LogP) is 6.34. The van der Waals surface area contributed by atoms with Gasteiger partial charge in [-0.1, -0.05) is 69.3 Å². The van der Waals surface area contributed by atoms with E-state index in [1.54, 1.807) is 7.11 Å². The van der Waals surface area contributed by atoms with Gasteiger partial charge >= 0.3 is 0 Å². The van der Waals surface area contributed by atoms with Crippen LogP contribution in [0.1, 0.15) is 31.9 Å². The Morgan fingerprint density at radius 3 is 2.24 bits per heavy atom. The first kappa shape index (κ1) is 19.3. The van der Waals surface area contributed by atoms with E-state index in [1.807, 2.05) is 12.1 Å². The molecule has 0 heterocycles. The summed E-state index contributed by atoms with van der Waals surface area (Å²) in [6.45, 7) is 11.2. The minimum Gasteiger partial charge on any atom is -0.541 e. The second kappa shape index (κ2) is 7.92. The van der Waals surface area contributed by atoms with E-state index >= 15 is 0 Å². The van der Waals surface area contributed by atoms with E-state index in [0.29, 0.717) is 0 Å². The average Bonchev–Trinajstić information content (AvgIpc) is 2.56. The van der Waals surface area contributed by atoms with Gasteiger partial charge in [0.2, 0.25) is 0 Å². The van der Waals surface area contributed by atoms with Crippen molar-refractivity contribution in [3.63, 3.8) is 0 Å². The van der Waals surface area contributed by atoms with Crippen molar-refractivity contribution < 1.29 is 9.16 Å². The van der Waals surface area contributed by atoms with Crippen molar-refractivity contribution in [2.45, 2.75) is 45.3 Å². The zero-order valence-electron chi connectivity index (χ0n) is 16.3. The first-order chi connectivity index (χ1) is 11.7. The van der Waals surface area contributed by atoms with Gasteiger partial charge in [-0.3, -0.25) is 0 Å². The normalized spacial score (nSPS) is 12.4. The number of rotatable bonds is 6. The molecule has 0 spiro atoms. The topological polar surface area (TPSA) is 18.5 Å². The molecule has 25 heavy (non-hydrogen) atoms. The van der Waals surface area contributed by atoms with Crippen molar-refractivity contribution in [3.8, 4) is 11.5 Å². The van der Waals surface area contributed by atoms with Gasteiger partial charge in [0.05, 0.1) is 7.11 Å². The third-order valence-corrected chi connectivity index (χ3v) is 9.21. The van der Waals surface area contributed by atoms with Crippen molar-refractivity contribution in [2.24, 2.45) is 0 Å². The van der Waals surface area contributed by atoms with Crippen molar-refractivity contribution in [3.05, 3.63) is 65.7 Å².